The number of carbonyl (C=O) groups is 2. The van der Waals surface area contributed by atoms with Crippen LogP contribution in [0.25, 0.3) is 17.2 Å². The number of ether oxygens (including phenoxy) is 1. The molecule has 3 rings (SSSR count). The van der Waals surface area contributed by atoms with Crippen LogP contribution in [0.5, 0.6) is 0 Å². The zero-order chi connectivity index (χ0) is 20.8. The van der Waals surface area contributed by atoms with E-state index in [0.717, 1.165) is 26.7 Å². The largest absolute Gasteiger partial charge is 0.462 e. The maximum atomic E-state index is 12.6. The second-order valence-corrected chi connectivity index (χ2v) is 8.11. The van der Waals surface area contributed by atoms with Crippen molar-refractivity contribution in [2.75, 3.05) is 11.9 Å². The summed E-state index contributed by atoms with van der Waals surface area (Å²) in [4.78, 5) is 25.0. The minimum atomic E-state index is -0.454. The van der Waals surface area contributed by atoms with Crippen molar-refractivity contribution in [3.05, 3.63) is 81.2 Å². The second-order valence-electron chi connectivity index (χ2n) is 6.31. The molecule has 2 aromatic carbocycles. The molecule has 0 aliphatic heterocycles. The van der Waals surface area contributed by atoms with Gasteiger partial charge in [0, 0.05) is 21.5 Å². The van der Waals surface area contributed by atoms with Crippen molar-refractivity contribution in [2.24, 2.45) is 0 Å². The van der Waals surface area contributed by atoms with Crippen LogP contribution in [-0.2, 0) is 9.53 Å². The third kappa shape index (κ3) is 5.43. The number of benzene rings is 2. The van der Waals surface area contributed by atoms with Crippen molar-refractivity contribution < 1.29 is 14.3 Å². The average Bonchev–Trinajstić information content (AvgIpc) is 3.12. The Labute approximate surface area is 182 Å². The van der Waals surface area contributed by atoms with Gasteiger partial charge in [0.15, 0.2) is 0 Å². The van der Waals surface area contributed by atoms with Gasteiger partial charge >= 0.3 is 5.97 Å². The van der Waals surface area contributed by atoms with Crippen molar-refractivity contribution >= 4 is 50.2 Å². The van der Waals surface area contributed by atoms with E-state index < -0.39 is 5.97 Å². The van der Waals surface area contributed by atoms with Crippen molar-refractivity contribution in [1.29, 1.82) is 0 Å². The molecule has 0 fully saturated rings. The lowest BCUT2D eigenvalue weighted by molar-refractivity contribution is -0.111. The van der Waals surface area contributed by atoms with Gasteiger partial charge in [-0.05, 0) is 43.2 Å². The van der Waals surface area contributed by atoms with E-state index in [1.165, 1.54) is 17.4 Å². The first-order valence-corrected chi connectivity index (χ1v) is 10.8. The summed E-state index contributed by atoms with van der Waals surface area (Å²) in [6, 6.07) is 15.5. The molecule has 1 aromatic heterocycles. The fourth-order valence-corrected chi connectivity index (χ4v) is 3.93. The molecule has 0 saturated carbocycles. The van der Waals surface area contributed by atoms with E-state index >= 15 is 0 Å². The van der Waals surface area contributed by atoms with Gasteiger partial charge < -0.3 is 10.1 Å². The Morgan fingerprint density at radius 1 is 1.10 bits per heavy atom. The second kappa shape index (κ2) is 9.67. The van der Waals surface area contributed by atoms with E-state index in [0.29, 0.717) is 10.6 Å². The molecular formula is C23H20BrNO3S. The molecule has 0 aliphatic carbocycles. The summed E-state index contributed by atoms with van der Waals surface area (Å²) in [5, 5.41) is 5.14. The van der Waals surface area contributed by atoms with E-state index in [4.69, 9.17) is 4.74 Å². The van der Waals surface area contributed by atoms with Crippen LogP contribution in [0.2, 0.25) is 0 Å². The highest BCUT2D eigenvalue weighted by atomic mass is 79.9. The molecule has 0 bridgehead atoms. The van der Waals surface area contributed by atoms with E-state index in [2.05, 4.69) is 21.2 Å². The number of carbonyl (C=O) groups excluding carboxylic acids is 2. The number of esters is 1. The van der Waals surface area contributed by atoms with Gasteiger partial charge in [-0.1, -0.05) is 57.9 Å². The number of anilines is 1. The van der Waals surface area contributed by atoms with Crippen molar-refractivity contribution in [3.63, 3.8) is 0 Å². The number of hydrogen-bond acceptors (Lipinski definition) is 4. The molecule has 0 unspecified atom stereocenters. The first-order chi connectivity index (χ1) is 14.0. The molecule has 1 N–H and O–H groups in total. The maximum absolute atomic E-state index is 12.6. The van der Waals surface area contributed by atoms with Crippen molar-refractivity contribution in [2.45, 2.75) is 13.8 Å². The summed E-state index contributed by atoms with van der Waals surface area (Å²) in [6.45, 7) is 4.03. The predicted octanol–water partition coefficient (Wildman–Crippen LogP) is 6.31. The molecule has 0 spiro atoms. The van der Waals surface area contributed by atoms with Crippen molar-refractivity contribution in [1.82, 2.24) is 0 Å². The Hall–Kier alpha value is -2.70. The number of amides is 1. The Balaban J connectivity index is 1.86. The normalized spacial score (nSPS) is 10.9. The zero-order valence-corrected chi connectivity index (χ0v) is 18.5. The minimum absolute atomic E-state index is 0.259. The Morgan fingerprint density at radius 2 is 1.79 bits per heavy atom. The summed E-state index contributed by atoms with van der Waals surface area (Å²) >= 11 is 4.72. The van der Waals surface area contributed by atoms with Gasteiger partial charge in [0.1, 0.15) is 10.6 Å². The molecule has 148 valence electrons. The van der Waals surface area contributed by atoms with Gasteiger partial charge in [0.05, 0.1) is 6.61 Å². The molecule has 29 heavy (non-hydrogen) atoms. The van der Waals surface area contributed by atoms with E-state index in [9.17, 15) is 9.59 Å². The SMILES string of the molecule is CCOC(=O)c1c(-c2ccc(Br)cc2)csc1NC(=O)C=Cc1ccc(C)cc1. The molecule has 0 aliphatic rings. The van der Waals surface area contributed by atoms with Crippen LogP contribution < -0.4 is 5.32 Å². The van der Waals surface area contributed by atoms with Gasteiger partial charge in [-0.25, -0.2) is 4.79 Å². The maximum Gasteiger partial charge on any atom is 0.341 e. The zero-order valence-electron chi connectivity index (χ0n) is 16.1. The Kier molecular flexibility index (Phi) is 7.01. The lowest BCUT2D eigenvalue weighted by Gasteiger charge is -2.08. The molecular weight excluding hydrogens is 450 g/mol. The summed E-state index contributed by atoms with van der Waals surface area (Å²) < 4.78 is 6.17. The Morgan fingerprint density at radius 3 is 2.45 bits per heavy atom. The van der Waals surface area contributed by atoms with Crippen LogP contribution in [0.4, 0.5) is 5.00 Å². The van der Waals surface area contributed by atoms with Gasteiger partial charge in [-0.15, -0.1) is 11.3 Å². The molecule has 1 heterocycles. The summed E-state index contributed by atoms with van der Waals surface area (Å²) in [5.41, 5.74) is 4.07. The number of nitrogens with one attached hydrogen (secondary N) is 1. The molecule has 4 nitrogen and oxygen atoms in total. The smallest absolute Gasteiger partial charge is 0.341 e. The van der Waals surface area contributed by atoms with Gasteiger partial charge in [-0.3, -0.25) is 4.79 Å². The predicted molar refractivity (Wildman–Crippen MR) is 122 cm³/mol. The van der Waals surface area contributed by atoms with Crippen LogP contribution in [0, 0.1) is 6.92 Å². The topological polar surface area (TPSA) is 55.4 Å². The quantitative estimate of drug-likeness (QED) is 0.339. The van der Waals surface area contributed by atoms with E-state index in [1.54, 1.807) is 13.0 Å². The van der Waals surface area contributed by atoms with Crippen LogP contribution in [0.3, 0.4) is 0 Å². The molecule has 1 amide bonds. The number of aryl methyl sites for hydroxylation is 1. The van der Waals surface area contributed by atoms with E-state index in [-0.39, 0.29) is 12.5 Å². The fraction of sp³-hybridized carbons (Fsp3) is 0.130. The third-order valence-electron chi connectivity index (χ3n) is 4.17. The third-order valence-corrected chi connectivity index (χ3v) is 5.59. The van der Waals surface area contributed by atoms with Gasteiger partial charge in [-0.2, -0.15) is 0 Å². The van der Waals surface area contributed by atoms with Crippen LogP contribution >= 0.6 is 27.3 Å². The Bertz CT molecular complexity index is 1040. The van der Waals surface area contributed by atoms with Gasteiger partial charge in [0.2, 0.25) is 5.91 Å². The van der Waals surface area contributed by atoms with Gasteiger partial charge in [0.25, 0.3) is 0 Å². The van der Waals surface area contributed by atoms with Crippen LogP contribution in [0.1, 0.15) is 28.4 Å². The van der Waals surface area contributed by atoms with Crippen LogP contribution in [0.15, 0.2) is 64.5 Å². The minimum Gasteiger partial charge on any atom is -0.462 e. The molecule has 3 aromatic rings. The first-order valence-electron chi connectivity index (χ1n) is 9.08. The highest BCUT2D eigenvalue weighted by Crippen LogP contribution is 2.36. The van der Waals surface area contributed by atoms with Crippen LogP contribution in [-0.4, -0.2) is 18.5 Å². The fourth-order valence-electron chi connectivity index (χ4n) is 2.70. The van der Waals surface area contributed by atoms with E-state index in [1.807, 2.05) is 60.8 Å². The molecule has 6 heteroatoms. The first kappa shape index (κ1) is 21.0. The number of rotatable bonds is 6. The summed E-state index contributed by atoms with van der Waals surface area (Å²) in [7, 11) is 0. The van der Waals surface area contributed by atoms with Crippen molar-refractivity contribution in [3.8, 4) is 11.1 Å². The molecule has 0 atom stereocenters. The lowest BCUT2D eigenvalue weighted by atomic mass is 10.0. The number of hydrogen-bond donors (Lipinski definition) is 1. The lowest BCUT2D eigenvalue weighted by Crippen LogP contribution is -2.12. The summed E-state index contributed by atoms with van der Waals surface area (Å²) in [5.74, 6) is -0.759. The monoisotopic (exact) mass is 469 g/mol. The number of halogens is 1. The molecule has 0 saturated heterocycles. The highest BCUT2D eigenvalue weighted by molar-refractivity contribution is 9.10. The highest BCUT2D eigenvalue weighted by Gasteiger charge is 2.22. The number of thiophene rings is 1. The average molecular weight is 470 g/mol. The standard InChI is InChI=1S/C23H20BrNO3S/c1-3-28-23(27)21-19(17-9-11-18(24)12-10-17)14-29-22(21)25-20(26)13-8-16-6-4-15(2)5-7-16/h4-14H,3H2,1-2H3,(H,25,26). The molecule has 0 radical (unpaired) electrons. The summed E-state index contributed by atoms with van der Waals surface area (Å²) in [6.07, 6.45) is 3.20.